The van der Waals surface area contributed by atoms with Crippen LogP contribution < -0.4 is 5.32 Å². The quantitative estimate of drug-likeness (QED) is 0.698. The fourth-order valence-corrected chi connectivity index (χ4v) is 1.49. The fraction of sp³-hybridized carbons (Fsp3) is 0.286. The van der Waals surface area contributed by atoms with E-state index in [1.807, 2.05) is 12.3 Å². The first-order chi connectivity index (χ1) is 4.86. The number of hydrogen-bond donors (Lipinski definition) is 1. The van der Waals surface area contributed by atoms with E-state index in [2.05, 4.69) is 26.2 Å². The third kappa shape index (κ3) is 1.65. The van der Waals surface area contributed by atoms with Gasteiger partial charge in [0, 0.05) is 18.4 Å². The minimum Gasteiger partial charge on any atom is -0.384 e. The number of pyridine rings is 1. The van der Waals surface area contributed by atoms with Gasteiger partial charge in [-0.3, -0.25) is 0 Å². The summed E-state index contributed by atoms with van der Waals surface area (Å²) in [6.45, 7) is 1.05. The largest absolute Gasteiger partial charge is 0.384 e. The monoisotopic (exact) mass is 234 g/mol. The zero-order valence-electron chi connectivity index (χ0n) is 5.80. The van der Waals surface area contributed by atoms with Crippen molar-refractivity contribution in [1.29, 1.82) is 0 Å². The van der Waals surface area contributed by atoms with Gasteiger partial charge >= 0.3 is 0 Å². The molecule has 0 saturated heterocycles. The Balaban J connectivity index is 0.000000605. The van der Waals surface area contributed by atoms with Crippen LogP contribution >= 0.6 is 28.3 Å². The van der Waals surface area contributed by atoms with Crippen LogP contribution in [0.3, 0.4) is 0 Å². The predicted molar refractivity (Wildman–Crippen MR) is 51.4 cm³/mol. The van der Waals surface area contributed by atoms with Gasteiger partial charge in [0.1, 0.15) is 4.60 Å². The molecule has 0 bridgehead atoms. The molecule has 2 rings (SSSR count). The van der Waals surface area contributed by atoms with Crippen LogP contribution in [-0.2, 0) is 6.42 Å². The Morgan fingerprint density at radius 2 is 2.36 bits per heavy atom. The average Bonchev–Trinajstić information content (AvgIpc) is 2.33. The standard InChI is InChI=1S/C7H7BrN2.ClH/c8-7-3-6-5(4-10-7)1-2-9-6;/h3-4,9H,1-2H2;1H. The molecule has 1 N–H and O–H groups in total. The zero-order chi connectivity index (χ0) is 6.97. The summed E-state index contributed by atoms with van der Waals surface area (Å²) in [4.78, 5) is 4.13. The molecule has 0 aliphatic carbocycles. The fourth-order valence-electron chi connectivity index (χ4n) is 1.15. The van der Waals surface area contributed by atoms with E-state index in [9.17, 15) is 0 Å². The maximum Gasteiger partial charge on any atom is 0.108 e. The molecule has 0 fully saturated rings. The first-order valence-corrected chi connectivity index (χ1v) is 4.04. The van der Waals surface area contributed by atoms with Crippen LogP contribution in [0.2, 0.25) is 0 Å². The van der Waals surface area contributed by atoms with Crippen molar-refractivity contribution >= 4 is 34.0 Å². The maximum absolute atomic E-state index is 4.13. The van der Waals surface area contributed by atoms with Crippen molar-refractivity contribution in [3.05, 3.63) is 22.4 Å². The number of nitrogens with zero attached hydrogens (tertiary/aromatic N) is 1. The summed E-state index contributed by atoms with van der Waals surface area (Å²) < 4.78 is 0.903. The Labute approximate surface area is 79.9 Å². The van der Waals surface area contributed by atoms with Crippen LogP contribution in [0.15, 0.2) is 16.9 Å². The van der Waals surface area contributed by atoms with Gasteiger partial charge in [0.25, 0.3) is 0 Å². The van der Waals surface area contributed by atoms with Crippen LogP contribution in [0.25, 0.3) is 0 Å². The van der Waals surface area contributed by atoms with Crippen molar-refractivity contribution in [2.75, 3.05) is 11.9 Å². The smallest absolute Gasteiger partial charge is 0.108 e. The second-order valence-corrected chi connectivity index (χ2v) is 3.15. The number of nitrogens with one attached hydrogen (secondary N) is 1. The molecular weight excluding hydrogens is 227 g/mol. The van der Waals surface area contributed by atoms with Gasteiger partial charge in [-0.15, -0.1) is 12.4 Å². The van der Waals surface area contributed by atoms with Gasteiger partial charge in [0.05, 0.1) is 0 Å². The van der Waals surface area contributed by atoms with E-state index in [0.29, 0.717) is 0 Å². The van der Waals surface area contributed by atoms with Crippen LogP contribution in [0.4, 0.5) is 5.69 Å². The molecule has 1 aromatic heterocycles. The van der Waals surface area contributed by atoms with Crippen molar-refractivity contribution < 1.29 is 0 Å². The van der Waals surface area contributed by atoms with E-state index in [1.54, 1.807) is 0 Å². The molecule has 0 unspecified atom stereocenters. The SMILES string of the molecule is Brc1cc2c(cn1)CCN2.Cl. The van der Waals surface area contributed by atoms with Crippen LogP contribution in [0, 0.1) is 0 Å². The summed E-state index contributed by atoms with van der Waals surface area (Å²) in [7, 11) is 0. The van der Waals surface area contributed by atoms with Crippen molar-refractivity contribution in [3.63, 3.8) is 0 Å². The Hall–Kier alpha value is -0.280. The molecular formula is C7H8BrClN2. The summed E-state index contributed by atoms with van der Waals surface area (Å²) >= 11 is 3.31. The van der Waals surface area contributed by atoms with Gasteiger partial charge in [-0.2, -0.15) is 0 Å². The highest BCUT2D eigenvalue weighted by Crippen LogP contribution is 2.23. The highest BCUT2D eigenvalue weighted by atomic mass is 79.9. The molecule has 11 heavy (non-hydrogen) atoms. The lowest BCUT2D eigenvalue weighted by Crippen LogP contribution is -1.90. The second kappa shape index (κ2) is 3.41. The van der Waals surface area contributed by atoms with E-state index in [0.717, 1.165) is 17.6 Å². The topological polar surface area (TPSA) is 24.9 Å². The van der Waals surface area contributed by atoms with E-state index in [1.165, 1.54) is 11.3 Å². The molecule has 1 aliphatic heterocycles. The number of fused-ring (bicyclic) bond motifs is 1. The summed E-state index contributed by atoms with van der Waals surface area (Å²) in [6.07, 6.45) is 3.02. The van der Waals surface area contributed by atoms with Crippen molar-refractivity contribution in [2.24, 2.45) is 0 Å². The summed E-state index contributed by atoms with van der Waals surface area (Å²) in [5, 5.41) is 3.27. The number of rotatable bonds is 0. The van der Waals surface area contributed by atoms with Crippen molar-refractivity contribution in [1.82, 2.24) is 4.98 Å². The summed E-state index contributed by atoms with van der Waals surface area (Å²) in [6, 6.07) is 2.02. The van der Waals surface area contributed by atoms with Gasteiger partial charge in [0.2, 0.25) is 0 Å². The number of anilines is 1. The third-order valence-corrected chi connectivity index (χ3v) is 2.10. The van der Waals surface area contributed by atoms with Crippen LogP contribution in [0.1, 0.15) is 5.56 Å². The minimum absolute atomic E-state index is 0. The molecule has 0 atom stereocenters. The Morgan fingerprint density at radius 3 is 3.18 bits per heavy atom. The zero-order valence-corrected chi connectivity index (χ0v) is 8.20. The van der Waals surface area contributed by atoms with Crippen molar-refractivity contribution in [2.45, 2.75) is 6.42 Å². The Kier molecular flexibility index (Phi) is 2.73. The molecule has 4 heteroatoms. The first kappa shape index (κ1) is 8.81. The van der Waals surface area contributed by atoms with Gasteiger partial charge < -0.3 is 5.32 Å². The molecule has 0 aromatic carbocycles. The lowest BCUT2D eigenvalue weighted by molar-refractivity contribution is 1.09. The van der Waals surface area contributed by atoms with Crippen molar-refractivity contribution in [3.8, 4) is 0 Å². The molecule has 2 nitrogen and oxygen atoms in total. The maximum atomic E-state index is 4.13. The van der Waals surface area contributed by atoms with Gasteiger partial charge in [-0.05, 0) is 34.0 Å². The lowest BCUT2D eigenvalue weighted by Gasteiger charge is -1.97. The van der Waals surface area contributed by atoms with Gasteiger partial charge in [0.15, 0.2) is 0 Å². The minimum atomic E-state index is 0. The Morgan fingerprint density at radius 1 is 1.55 bits per heavy atom. The lowest BCUT2D eigenvalue weighted by atomic mass is 10.2. The average molecular weight is 236 g/mol. The molecule has 1 aliphatic rings. The van der Waals surface area contributed by atoms with E-state index in [4.69, 9.17) is 0 Å². The van der Waals surface area contributed by atoms with E-state index < -0.39 is 0 Å². The number of aromatic nitrogens is 1. The number of halogens is 2. The first-order valence-electron chi connectivity index (χ1n) is 3.24. The van der Waals surface area contributed by atoms with E-state index >= 15 is 0 Å². The predicted octanol–water partition coefficient (Wildman–Crippen LogP) is 2.23. The van der Waals surface area contributed by atoms with Crippen LogP contribution in [0.5, 0.6) is 0 Å². The Bertz CT molecular complexity index is 265. The third-order valence-electron chi connectivity index (χ3n) is 1.66. The molecule has 0 amide bonds. The molecule has 60 valence electrons. The molecule has 0 saturated carbocycles. The number of hydrogen-bond acceptors (Lipinski definition) is 2. The van der Waals surface area contributed by atoms with Gasteiger partial charge in [-0.1, -0.05) is 0 Å². The summed E-state index contributed by atoms with van der Waals surface area (Å²) in [5.74, 6) is 0. The highest BCUT2D eigenvalue weighted by molar-refractivity contribution is 9.10. The molecule has 0 spiro atoms. The van der Waals surface area contributed by atoms with E-state index in [-0.39, 0.29) is 12.4 Å². The second-order valence-electron chi connectivity index (χ2n) is 2.34. The van der Waals surface area contributed by atoms with Crippen LogP contribution in [-0.4, -0.2) is 11.5 Å². The van der Waals surface area contributed by atoms with Gasteiger partial charge in [-0.25, -0.2) is 4.98 Å². The molecule has 0 radical (unpaired) electrons. The molecule has 1 aromatic rings. The highest BCUT2D eigenvalue weighted by Gasteiger charge is 2.09. The summed E-state index contributed by atoms with van der Waals surface area (Å²) in [5.41, 5.74) is 2.55. The molecule has 2 heterocycles. The normalized spacial score (nSPS) is 13.2.